The SMILES string of the molecule is CCNC(=NCC(C)(C)OC)NCCC(=O)N(C)Cc1ccccc1Br. The second-order valence-electron chi connectivity index (χ2n) is 6.68. The Morgan fingerprint density at radius 1 is 1.31 bits per heavy atom. The van der Waals surface area contributed by atoms with E-state index < -0.39 is 0 Å². The number of benzene rings is 1. The van der Waals surface area contributed by atoms with Gasteiger partial charge in [-0.2, -0.15) is 0 Å². The van der Waals surface area contributed by atoms with Crippen LogP contribution in [0.25, 0.3) is 0 Å². The Morgan fingerprint density at radius 3 is 2.62 bits per heavy atom. The fraction of sp³-hybridized carbons (Fsp3) is 0.579. The molecule has 0 aliphatic heterocycles. The highest BCUT2D eigenvalue weighted by molar-refractivity contribution is 9.10. The maximum absolute atomic E-state index is 12.4. The highest BCUT2D eigenvalue weighted by Gasteiger charge is 2.16. The number of hydrogen-bond acceptors (Lipinski definition) is 3. The smallest absolute Gasteiger partial charge is 0.224 e. The molecule has 6 nitrogen and oxygen atoms in total. The topological polar surface area (TPSA) is 66.0 Å². The molecule has 26 heavy (non-hydrogen) atoms. The van der Waals surface area contributed by atoms with E-state index >= 15 is 0 Å². The predicted molar refractivity (Wildman–Crippen MR) is 110 cm³/mol. The Balaban J connectivity index is 2.49. The van der Waals surface area contributed by atoms with Crippen molar-refractivity contribution in [1.29, 1.82) is 0 Å². The molecule has 0 unspecified atom stereocenters. The van der Waals surface area contributed by atoms with Crippen molar-refractivity contribution in [2.24, 2.45) is 4.99 Å². The lowest BCUT2D eigenvalue weighted by Gasteiger charge is -2.21. The third-order valence-electron chi connectivity index (χ3n) is 3.94. The highest BCUT2D eigenvalue weighted by Crippen LogP contribution is 2.17. The summed E-state index contributed by atoms with van der Waals surface area (Å²) >= 11 is 3.52. The molecule has 0 bridgehead atoms. The lowest BCUT2D eigenvalue weighted by Crippen LogP contribution is -2.40. The molecule has 0 saturated carbocycles. The molecule has 0 atom stereocenters. The molecule has 2 N–H and O–H groups in total. The van der Waals surface area contributed by atoms with Gasteiger partial charge in [0, 0.05) is 44.7 Å². The largest absolute Gasteiger partial charge is 0.377 e. The molecule has 7 heteroatoms. The van der Waals surface area contributed by atoms with Crippen LogP contribution >= 0.6 is 15.9 Å². The Kier molecular flexibility index (Phi) is 9.65. The molecule has 0 radical (unpaired) electrons. The Labute approximate surface area is 165 Å². The summed E-state index contributed by atoms with van der Waals surface area (Å²) in [5.74, 6) is 0.778. The van der Waals surface area contributed by atoms with Crippen LogP contribution in [0.4, 0.5) is 0 Å². The van der Waals surface area contributed by atoms with Gasteiger partial charge in [0.05, 0.1) is 12.1 Å². The Morgan fingerprint density at radius 2 is 2.00 bits per heavy atom. The van der Waals surface area contributed by atoms with E-state index in [0.29, 0.717) is 32.0 Å². The van der Waals surface area contributed by atoms with E-state index in [-0.39, 0.29) is 11.5 Å². The normalized spacial score (nSPS) is 12.0. The summed E-state index contributed by atoms with van der Waals surface area (Å²) in [7, 11) is 3.50. The number of hydrogen-bond donors (Lipinski definition) is 2. The monoisotopic (exact) mass is 426 g/mol. The van der Waals surface area contributed by atoms with Crippen LogP contribution in [0.5, 0.6) is 0 Å². The van der Waals surface area contributed by atoms with Crippen molar-refractivity contribution in [3.8, 4) is 0 Å². The molecule has 1 amide bonds. The lowest BCUT2D eigenvalue weighted by molar-refractivity contribution is -0.130. The molecule has 0 fully saturated rings. The van der Waals surface area contributed by atoms with Gasteiger partial charge in [-0.05, 0) is 32.4 Å². The number of guanidine groups is 1. The molecular weight excluding hydrogens is 396 g/mol. The number of ether oxygens (including phenoxy) is 1. The van der Waals surface area contributed by atoms with Crippen LogP contribution in [0.15, 0.2) is 33.7 Å². The van der Waals surface area contributed by atoms with E-state index in [9.17, 15) is 4.79 Å². The number of methoxy groups -OCH3 is 1. The molecule has 1 aromatic rings. The van der Waals surface area contributed by atoms with Gasteiger partial charge in [-0.3, -0.25) is 9.79 Å². The van der Waals surface area contributed by atoms with Gasteiger partial charge < -0.3 is 20.3 Å². The summed E-state index contributed by atoms with van der Waals surface area (Å²) in [6, 6.07) is 7.93. The van der Waals surface area contributed by atoms with Gasteiger partial charge in [0.2, 0.25) is 5.91 Å². The van der Waals surface area contributed by atoms with Crippen molar-refractivity contribution in [3.63, 3.8) is 0 Å². The van der Waals surface area contributed by atoms with E-state index in [0.717, 1.165) is 16.6 Å². The van der Waals surface area contributed by atoms with Crippen LogP contribution in [0.3, 0.4) is 0 Å². The van der Waals surface area contributed by atoms with Crippen molar-refractivity contribution < 1.29 is 9.53 Å². The van der Waals surface area contributed by atoms with Gasteiger partial charge >= 0.3 is 0 Å². The van der Waals surface area contributed by atoms with Crippen molar-refractivity contribution in [2.45, 2.75) is 39.3 Å². The van der Waals surface area contributed by atoms with Gasteiger partial charge in [-0.1, -0.05) is 34.1 Å². The number of rotatable bonds is 9. The average Bonchev–Trinajstić information content (AvgIpc) is 2.61. The van der Waals surface area contributed by atoms with E-state index in [1.54, 1.807) is 12.0 Å². The van der Waals surface area contributed by atoms with Crippen LogP contribution in [-0.2, 0) is 16.1 Å². The summed E-state index contributed by atoms with van der Waals surface area (Å²) in [4.78, 5) is 18.6. The van der Waals surface area contributed by atoms with Crippen molar-refractivity contribution in [2.75, 3.05) is 33.8 Å². The summed E-state index contributed by atoms with van der Waals surface area (Å²) in [6.07, 6.45) is 0.402. The molecule has 1 rings (SSSR count). The number of nitrogens with zero attached hydrogens (tertiary/aromatic N) is 2. The minimum Gasteiger partial charge on any atom is -0.377 e. The average molecular weight is 427 g/mol. The minimum absolute atomic E-state index is 0.0846. The Hall–Kier alpha value is -1.60. The number of halogens is 1. The number of nitrogens with one attached hydrogen (secondary N) is 2. The third-order valence-corrected chi connectivity index (χ3v) is 4.71. The molecule has 0 aliphatic rings. The molecule has 146 valence electrons. The van der Waals surface area contributed by atoms with Gasteiger partial charge in [-0.15, -0.1) is 0 Å². The van der Waals surface area contributed by atoms with Gasteiger partial charge in [0.15, 0.2) is 5.96 Å². The zero-order valence-corrected chi connectivity index (χ0v) is 18.0. The maximum atomic E-state index is 12.4. The number of carbonyl (C=O) groups excluding carboxylic acids is 1. The van der Waals surface area contributed by atoms with Gasteiger partial charge in [0.1, 0.15) is 0 Å². The van der Waals surface area contributed by atoms with E-state index in [4.69, 9.17) is 4.74 Å². The molecule has 1 aromatic carbocycles. The Bertz CT molecular complexity index is 605. The summed E-state index contributed by atoms with van der Waals surface area (Å²) in [5, 5.41) is 6.39. The maximum Gasteiger partial charge on any atom is 0.224 e. The van der Waals surface area contributed by atoms with Gasteiger partial charge in [0.25, 0.3) is 0 Å². The minimum atomic E-state index is -0.318. The van der Waals surface area contributed by atoms with Crippen LogP contribution < -0.4 is 10.6 Å². The molecule has 0 heterocycles. The predicted octanol–water partition coefficient (Wildman–Crippen LogP) is 2.78. The highest BCUT2D eigenvalue weighted by atomic mass is 79.9. The quantitative estimate of drug-likeness (QED) is 0.470. The molecule has 0 aliphatic carbocycles. The van der Waals surface area contributed by atoms with Crippen LogP contribution in [0, 0.1) is 0 Å². The van der Waals surface area contributed by atoms with Crippen molar-refractivity contribution in [1.82, 2.24) is 15.5 Å². The fourth-order valence-electron chi connectivity index (χ4n) is 2.12. The zero-order chi connectivity index (χ0) is 19.6. The summed E-state index contributed by atoms with van der Waals surface area (Å²) < 4.78 is 6.39. The standard InChI is InChI=1S/C19H31BrN4O2/c1-6-21-18(23-14-19(2,3)26-5)22-12-11-17(25)24(4)13-15-9-7-8-10-16(15)20/h7-10H,6,11-14H2,1-5H3,(H2,21,22,23). The first kappa shape index (κ1) is 22.4. The van der Waals surface area contributed by atoms with Crippen LogP contribution in [0.1, 0.15) is 32.8 Å². The van der Waals surface area contributed by atoms with E-state index in [1.807, 2.05) is 52.1 Å². The first-order valence-corrected chi connectivity index (χ1v) is 9.63. The second kappa shape index (κ2) is 11.2. The molecule has 0 spiro atoms. The van der Waals surface area contributed by atoms with E-state index in [1.165, 1.54) is 0 Å². The van der Waals surface area contributed by atoms with Crippen LogP contribution in [-0.4, -0.2) is 56.2 Å². The van der Waals surface area contributed by atoms with Crippen molar-refractivity contribution >= 4 is 27.8 Å². The van der Waals surface area contributed by atoms with Crippen molar-refractivity contribution in [3.05, 3.63) is 34.3 Å². The first-order valence-electron chi connectivity index (χ1n) is 8.83. The number of aliphatic imine (C=N–C) groups is 1. The number of amides is 1. The number of carbonyl (C=O) groups is 1. The molecule has 0 saturated heterocycles. The second-order valence-corrected chi connectivity index (χ2v) is 7.53. The third kappa shape index (κ3) is 8.19. The lowest BCUT2D eigenvalue weighted by atomic mass is 10.1. The molecular formula is C19H31BrN4O2. The summed E-state index contributed by atoms with van der Waals surface area (Å²) in [6.45, 7) is 8.38. The van der Waals surface area contributed by atoms with Crippen LogP contribution in [0.2, 0.25) is 0 Å². The first-order chi connectivity index (χ1) is 12.3. The van der Waals surface area contributed by atoms with Gasteiger partial charge in [-0.25, -0.2) is 0 Å². The molecule has 0 aromatic heterocycles. The fourth-order valence-corrected chi connectivity index (χ4v) is 2.53. The summed E-state index contributed by atoms with van der Waals surface area (Å²) in [5.41, 5.74) is 0.773. The zero-order valence-electron chi connectivity index (χ0n) is 16.4. The van der Waals surface area contributed by atoms with E-state index in [2.05, 4.69) is 31.6 Å².